The number of rotatable bonds is 2. The highest BCUT2D eigenvalue weighted by molar-refractivity contribution is 7.12. The summed E-state index contributed by atoms with van der Waals surface area (Å²) in [6, 6.07) is 3.96. The molecule has 0 fully saturated rings. The fourth-order valence-electron chi connectivity index (χ4n) is 1.39. The summed E-state index contributed by atoms with van der Waals surface area (Å²) >= 11 is 7.53. The Bertz CT molecular complexity index is 557. The van der Waals surface area contributed by atoms with Crippen LogP contribution in [0, 0.1) is 18.8 Å². The van der Waals surface area contributed by atoms with Crippen LogP contribution in [0.25, 0.3) is 0 Å². The smallest absolute Gasteiger partial charge is 0.104 e. The lowest BCUT2D eigenvalue weighted by Gasteiger charge is -1.96. The van der Waals surface area contributed by atoms with Crippen LogP contribution in [0.15, 0.2) is 18.3 Å². The van der Waals surface area contributed by atoms with Crippen LogP contribution in [-0.2, 0) is 6.54 Å². The first-order valence-corrected chi connectivity index (χ1v) is 6.26. The van der Waals surface area contributed by atoms with Gasteiger partial charge in [0.1, 0.15) is 6.61 Å². The third-order valence-electron chi connectivity index (χ3n) is 2.16. The number of aryl methyl sites for hydroxylation is 1. The van der Waals surface area contributed by atoms with Crippen molar-refractivity contribution in [3.8, 4) is 11.8 Å². The van der Waals surface area contributed by atoms with Gasteiger partial charge < -0.3 is 5.11 Å². The van der Waals surface area contributed by atoms with Gasteiger partial charge in [-0.1, -0.05) is 23.4 Å². The zero-order chi connectivity index (χ0) is 12.3. The van der Waals surface area contributed by atoms with Crippen LogP contribution in [0.1, 0.15) is 15.4 Å². The highest BCUT2D eigenvalue weighted by Gasteiger charge is 2.04. The average molecular weight is 267 g/mol. The summed E-state index contributed by atoms with van der Waals surface area (Å²) in [5, 5.41) is 13.6. The number of aliphatic hydroxyl groups is 1. The highest BCUT2D eigenvalue weighted by atomic mass is 35.5. The van der Waals surface area contributed by atoms with Gasteiger partial charge in [-0.25, -0.2) is 0 Å². The number of nitrogens with zero attached hydrogens (tertiary/aromatic N) is 2. The molecule has 0 bridgehead atoms. The molecule has 2 heterocycles. The normalized spacial score (nSPS) is 10.1. The standard InChI is InChI=1S/C12H11ClN2OS/c1-9-12(13)8-15(14-9)7-11-5-4-10(17-11)3-2-6-16/h4-5,8,16H,6-7H2,1H3. The van der Waals surface area contributed by atoms with E-state index in [1.165, 1.54) is 0 Å². The SMILES string of the molecule is Cc1nn(Cc2ccc(C#CCO)s2)cc1Cl. The van der Waals surface area contributed by atoms with Crippen LogP contribution in [0.2, 0.25) is 5.02 Å². The van der Waals surface area contributed by atoms with E-state index >= 15 is 0 Å². The highest BCUT2D eigenvalue weighted by Crippen LogP contribution is 2.18. The van der Waals surface area contributed by atoms with E-state index < -0.39 is 0 Å². The van der Waals surface area contributed by atoms with Crippen molar-refractivity contribution in [2.75, 3.05) is 6.61 Å². The van der Waals surface area contributed by atoms with Crippen molar-refractivity contribution in [2.24, 2.45) is 0 Å². The predicted molar refractivity (Wildman–Crippen MR) is 69.4 cm³/mol. The minimum absolute atomic E-state index is 0.110. The minimum Gasteiger partial charge on any atom is -0.384 e. The molecule has 0 saturated heterocycles. The molecule has 0 amide bonds. The number of hydrogen-bond donors (Lipinski definition) is 1. The molecule has 17 heavy (non-hydrogen) atoms. The topological polar surface area (TPSA) is 38.0 Å². The molecule has 0 aliphatic carbocycles. The van der Waals surface area contributed by atoms with E-state index in [0.717, 1.165) is 15.4 Å². The van der Waals surface area contributed by atoms with Crippen LogP contribution < -0.4 is 0 Å². The molecule has 2 rings (SSSR count). The van der Waals surface area contributed by atoms with Gasteiger partial charge in [0, 0.05) is 11.1 Å². The van der Waals surface area contributed by atoms with Crippen LogP contribution in [0.5, 0.6) is 0 Å². The lowest BCUT2D eigenvalue weighted by Crippen LogP contribution is -1.98. The Morgan fingerprint density at radius 2 is 2.35 bits per heavy atom. The number of halogens is 1. The summed E-state index contributed by atoms with van der Waals surface area (Å²) in [6.07, 6.45) is 1.82. The van der Waals surface area contributed by atoms with Gasteiger partial charge in [-0.2, -0.15) is 5.10 Å². The molecule has 2 aromatic heterocycles. The van der Waals surface area contributed by atoms with E-state index in [1.807, 2.05) is 29.9 Å². The van der Waals surface area contributed by atoms with Gasteiger partial charge in [0.2, 0.25) is 0 Å². The Morgan fingerprint density at radius 3 is 3.00 bits per heavy atom. The maximum atomic E-state index is 8.61. The predicted octanol–water partition coefficient (Wildman–Crippen LogP) is 2.30. The Balaban J connectivity index is 2.11. The van der Waals surface area contributed by atoms with Gasteiger partial charge in [0.05, 0.1) is 22.1 Å². The molecule has 1 N–H and O–H groups in total. The summed E-state index contributed by atoms with van der Waals surface area (Å²) in [4.78, 5) is 2.11. The second kappa shape index (κ2) is 5.37. The average Bonchev–Trinajstić information content (AvgIpc) is 2.85. The third kappa shape index (κ3) is 3.10. The van der Waals surface area contributed by atoms with Gasteiger partial charge in [0.15, 0.2) is 0 Å². The van der Waals surface area contributed by atoms with Crippen LogP contribution in [-0.4, -0.2) is 21.5 Å². The Morgan fingerprint density at radius 1 is 1.53 bits per heavy atom. The Kier molecular flexibility index (Phi) is 3.85. The number of thiophene rings is 1. The van der Waals surface area contributed by atoms with Crippen LogP contribution in [0.4, 0.5) is 0 Å². The molecular formula is C12H11ClN2OS. The molecule has 5 heteroatoms. The molecule has 88 valence electrons. The van der Waals surface area contributed by atoms with Crippen molar-refractivity contribution in [3.63, 3.8) is 0 Å². The molecule has 0 spiro atoms. The lowest BCUT2D eigenvalue weighted by molar-refractivity contribution is 0.350. The van der Waals surface area contributed by atoms with Crippen molar-refractivity contribution in [3.05, 3.63) is 38.8 Å². The fraction of sp³-hybridized carbons (Fsp3) is 0.250. The maximum Gasteiger partial charge on any atom is 0.104 e. The molecular weight excluding hydrogens is 256 g/mol. The van der Waals surface area contributed by atoms with E-state index in [2.05, 4.69) is 16.9 Å². The summed E-state index contributed by atoms with van der Waals surface area (Å²) in [6.45, 7) is 2.46. The second-order valence-electron chi connectivity index (χ2n) is 3.49. The van der Waals surface area contributed by atoms with Crippen LogP contribution in [0.3, 0.4) is 0 Å². The first-order chi connectivity index (χ1) is 8.19. The van der Waals surface area contributed by atoms with Crippen molar-refractivity contribution in [1.82, 2.24) is 9.78 Å². The molecule has 0 aromatic carbocycles. The molecule has 0 aliphatic rings. The lowest BCUT2D eigenvalue weighted by atomic mass is 10.4. The largest absolute Gasteiger partial charge is 0.384 e. The van der Waals surface area contributed by atoms with Crippen molar-refractivity contribution < 1.29 is 5.11 Å². The second-order valence-corrected chi connectivity index (χ2v) is 5.06. The van der Waals surface area contributed by atoms with Crippen molar-refractivity contribution >= 4 is 22.9 Å². The molecule has 0 atom stereocenters. The Hall–Kier alpha value is -1.28. The molecule has 0 unspecified atom stereocenters. The zero-order valence-corrected chi connectivity index (χ0v) is 10.8. The van der Waals surface area contributed by atoms with Gasteiger partial charge in [-0.15, -0.1) is 11.3 Å². The monoisotopic (exact) mass is 266 g/mol. The van der Waals surface area contributed by atoms with Crippen LogP contribution >= 0.6 is 22.9 Å². The van der Waals surface area contributed by atoms with Crippen molar-refractivity contribution in [1.29, 1.82) is 0 Å². The summed E-state index contributed by atoms with van der Waals surface area (Å²) in [7, 11) is 0. The van der Waals surface area contributed by atoms with E-state index in [9.17, 15) is 0 Å². The first-order valence-electron chi connectivity index (χ1n) is 5.07. The summed E-state index contributed by atoms with van der Waals surface area (Å²) in [5.41, 5.74) is 0.837. The van der Waals surface area contributed by atoms with E-state index in [0.29, 0.717) is 11.6 Å². The molecule has 3 nitrogen and oxygen atoms in total. The van der Waals surface area contributed by atoms with E-state index in [4.69, 9.17) is 16.7 Å². The number of aliphatic hydroxyl groups excluding tert-OH is 1. The quantitative estimate of drug-likeness (QED) is 0.847. The van der Waals surface area contributed by atoms with Gasteiger partial charge >= 0.3 is 0 Å². The van der Waals surface area contributed by atoms with Gasteiger partial charge in [0.25, 0.3) is 0 Å². The van der Waals surface area contributed by atoms with Crippen molar-refractivity contribution in [2.45, 2.75) is 13.5 Å². The zero-order valence-electron chi connectivity index (χ0n) is 9.27. The number of aromatic nitrogens is 2. The van der Waals surface area contributed by atoms with E-state index in [-0.39, 0.29) is 6.61 Å². The summed E-state index contributed by atoms with van der Waals surface area (Å²) < 4.78 is 1.81. The third-order valence-corrected chi connectivity index (χ3v) is 3.51. The summed E-state index contributed by atoms with van der Waals surface area (Å²) in [5.74, 6) is 5.51. The molecule has 2 aromatic rings. The number of hydrogen-bond acceptors (Lipinski definition) is 3. The van der Waals surface area contributed by atoms with E-state index in [1.54, 1.807) is 11.3 Å². The minimum atomic E-state index is -0.110. The first kappa shape index (κ1) is 12.2. The van der Waals surface area contributed by atoms with Gasteiger partial charge in [-0.05, 0) is 19.1 Å². The molecule has 0 saturated carbocycles. The molecule has 0 radical (unpaired) electrons. The Labute approximate surface area is 109 Å². The fourth-order valence-corrected chi connectivity index (χ4v) is 2.42. The maximum absolute atomic E-state index is 8.61. The van der Waals surface area contributed by atoms with Gasteiger partial charge in [-0.3, -0.25) is 4.68 Å². The molecule has 0 aliphatic heterocycles.